The third-order valence-corrected chi connectivity index (χ3v) is 3.93. The maximum absolute atomic E-state index is 12.3. The molecular formula is C18H22Cl2N4O3. The Morgan fingerprint density at radius 1 is 1.15 bits per heavy atom. The first kappa shape index (κ1) is 22.9. The molecule has 0 spiro atoms. The lowest BCUT2D eigenvalue weighted by atomic mass is 10.1. The topological polar surface area (TPSA) is 92.4 Å². The lowest BCUT2D eigenvalue weighted by molar-refractivity contribution is -0.120. The van der Waals surface area contributed by atoms with E-state index in [1.807, 2.05) is 13.0 Å². The third kappa shape index (κ3) is 6.18. The van der Waals surface area contributed by atoms with Gasteiger partial charge in [0.05, 0.1) is 13.2 Å². The average molecular weight is 413 g/mol. The average Bonchev–Trinajstić information content (AvgIpc) is 2.66. The van der Waals surface area contributed by atoms with Gasteiger partial charge in [-0.15, -0.1) is 24.8 Å². The van der Waals surface area contributed by atoms with Gasteiger partial charge in [0, 0.05) is 35.9 Å². The van der Waals surface area contributed by atoms with Crippen LogP contribution < -0.4 is 16.0 Å². The quantitative estimate of drug-likeness (QED) is 0.716. The number of ether oxygens (including phenoxy) is 1. The molecule has 146 valence electrons. The number of aryl methyl sites for hydroxylation is 1. The van der Waals surface area contributed by atoms with Gasteiger partial charge in [0.15, 0.2) is 0 Å². The van der Waals surface area contributed by atoms with E-state index in [9.17, 15) is 9.59 Å². The Balaban J connectivity index is 0.00000182. The summed E-state index contributed by atoms with van der Waals surface area (Å²) in [7, 11) is 0. The molecule has 1 aromatic heterocycles. The van der Waals surface area contributed by atoms with E-state index in [0.717, 1.165) is 5.56 Å². The molecule has 2 amide bonds. The van der Waals surface area contributed by atoms with Gasteiger partial charge in [-0.25, -0.2) is 0 Å². The third-order valence-electron chi connectivity index (χ3n) is 3.93. The van der Waals surface area contributed by atoms with Crippen LogP contribution in [0.2, 0.25) is 0 Å². The minimum atomic E-state index is -0.370. The molecule has 2 heterocycles. The molecule has 1 fully saturated rings. The molecule has 0 saturated carbocycles. The van der Waals surface area contributed by atoms with E-state index in [0.29, 0.717) is 36.7 Å². The second-order valence-electron chi connectivity index (χ2n) is 5.79. The number of pyridine rings is 1. The van der Waals surface area contributed by atoms with E-state index in [2.05, 4.69) is 20.9 Å². The first-order valence-corrected chi connectivity index (χ1v) is 8.07. The number of carbonyl (C=O) groups excluding carboxylic acids is 2. The van der Waals surface area contributed by atoms with Gasteiger partial charge in [0.25, 0.3) is 5.91 Å². The van der Waals surface area contributed by atoms with Crippen LogP contribution >= 0.6 is 24.8 Å². The van der Waals surface area contributed by atoms with Crippen LogP contribution in [0.15, 0.2) is 42.7 Å². The van der Waals surface area contributed by atoms with E-state index < -0.39 is 0 Å². The summed E-state index contributed by atoms with van der Waals surface area (Å²) in [6.07, 6.45) is 3.13. The maximum atomic E-state index is 12.3. The maximum Gasteiger partial charge on any atom is 0.255 e. The Bertz CT molecular complexity index is 768. The van der Waals surface area contributed by atoms with Crippen molar-refractivity contribution < 1.29 is 14.3 Å². The fourth-order valence-electron chi connectivity index (χ4n) is 2.50. The molecule has 3 rings (SSSR count). The second-order valence-corrected chi connectivity index (χ2v) is 5.79. The fraction of sp³-hybridized carbons (Fsp3) is 0.278. The molecule has 1 aromatic carbocycles. The van der Waals surface area contributed by atoms with Crippen molar-refractivity contribution in [3.63, 3.8) is 0 Å². The fourth-order valence-corrected chi connectivity index (χ4v) is 2.50. The number of benzene rings is 1. The van der Waals surface area contributed by atoms with Crippen LogP contribution in [0.25, 0.3) is 0 Å². The number of carbonyl (C=O) groups is 2. The first-order chi connectivity index (χ1) is 12.1. The minimum Gasteiger partial charge on any atom is -0.378 e. The molecule has 7 nitrogen and oxygen atoms in total. The standard InChI is InChI=1S/C18H20N4O3.2ClH/c1-12-2-3-14(21-18(24)16-11-25-9-8-20-16)10-15(12)22-17(23)13-4-6-19-7-5-13;;/h2-7,10,16,20H,8-9,11H2,1H3,(H,21,24)(H,22,23);2*1H. The summed E-state index contributed by atoms with van der Waals surface area (Å²) in [6.45, 7) is 3.51. The van der Waals surface area contributed by atoms with Crippen LogP contribution in [-0.4, -0.2) is 42.6 Å². The monoisotopic (exact) mass is 412 g/mol. The van der Waals surface area contributed by atoms with Crippen molar-refractivity contribution in [1.82, 2.24) is 10.3 Å². The van der Waals surface area contributed by atoms with E-state index in [4.69, 9.17) is 4.74 Å². The molecule has 0 aliphatic carbocycles. The zero-order chi connectivity index (χ0) is 17.6. The van der Waals surface area contributed by atoms with Crippen LogP contribution in [0.1, 0.15) is 15.9 Å². The summed E-state index contributed by atoms with van der Waals surface area (Å²) >= 11 is 0. The number of morpholine rings is 1. The lowest BCUT2D eigenvalue weighted by Crippen LogP contribution is -2.48. The highest BCUT2D eigenvalue weighted by atomic mass is 35.5. The summed E-state index contributed by atoms with van der Waals surface area (Å²) < 4.78 is 5.30. The number of nitrogens with one attached hydrogen (secondary N) is 3. The highest BCUT2D eigenvalue weighted by Crippen LogP contribution is 2.21. The van der Waals surface area contributed by atoms with Crippen molar-refractivity contribution in [2.45, 2.75) is 13.0 Å². The molecule has 0 bridgehead atoms. The van der Waals surface area contributed by atoms with Crippen molar-refractivity contribution in [3.05, 3.63) is 53.9 Å². The summed E-state index contributed by atoms with van der Waals surface area (Å²) in [5.41, 5.74) is 2.69. The predicted molar refractivity (Wildman–Crippen MR) is 109 cm³/mol. The van der Waals surface area contributed by atoms with Crippen molar-refractivity contribution in [2.24, 2.45) is 0 Å². The molecule has 0 radical (unpaired) electrons. The Labute approximate surface area is 170 Å². The molecule has 1 aliphatic rings. The molecule has 9 heteroatoms. The van der Waals surface area contributed by atoms with Gasteiger partial charge in [-0.1, -0.05) is 6.07 Å². The van der Waals surface area contributed by atoms with Crippen LogP contribution in [0.5, 0.6) is 0 Å². The SMILES string of the molecule is Cc1ccc(NC(=O)C2COCCN2)cc1NC(=O)c1ccncc1.Cl.Cl. The van der Waals surface area contributed by atoms with Crippen molar-refractivity contribution in [3.8, 4) is 0 Å². The Morgan fingerprint density at radius 2 is 1.89 bits per heavy atom. The normalized spacial score (nSPS) is 15.7. The summed E-state index contributed by atoms with van der Waals surface area (Å²) in [6, 6.07) is 8.32. The number of aromatic nitrogens is 1. The van der Waals surface area contributed by atoms with Crippen molar-refractivity contribution in [2.75, 3.05) is 30.4 Å². The zero-order valence-electron chi connectivity index (χ0n) is 14.7. The molecule has 27 heavy (non-hydrogen) atoms. The minimum absolute atomic E-state index is 0. The number of halogens is 2. The van der Waals surface area contributed by atoms with Gasteiger partial charge in [0.1, 0.15) is 6.04 Å². The molecule has 1 aliphatic heterocycles. The van der Waals surface area contributed by atoms with E-state index in [-0.39, 0.29) is 42.7 Å². The molecule has 3 N–H and O–H groups in total. The molecule has 2 aromatic rings. The van der Waals surface area contributed by atoms with Gasteiger partial charge in [-0.05, 0) is 36.8 Å². The van der Waals surface area contributed by atoms with Gasteiger partial charge in [-0.2, -0.15) is 0 Å². The second kappa shape index (κ2) is 10.8. The zero-order valence-corrected chi connectivity index (χ0v) is 16.4. The molecular weight excluding hydrogens is 391 g/mol. The van der Waals surface area contributed by atoms with Crippen LogP contribution in [0.3, 0.4) is 0 Å². The molecule has 1 saturated heterocycles. The number of anilines is 2. The number of nitrogens with zero attached hydrogens (tertiary/aromatic N) is 1. The van der Waals surface area contributed by atoms with Gasteiger partial charge in [-0.3, -0.25) is 14.6 Å². The Morgan fingerprint density at radius 3 is 2.56 bits per heavy atom. The summed E-state index contributed by atoms with van der Waals surface area (Å²) in [5, 5.41) is 8.82. The van der Waals surface area contributed by atoms with Gasteiger partial charge < -0.3 is 20.7 Å². The Hall–Kier alpha value is -2.19. The smallest absolute Gasteiger partial charge is 0.255 e. The van der Waals surface area contributed by atoms with Gasteiger partial charge >= 0.3 is 0 Å². The molecule has 1 unspecified atom stereocenters. The first-order valence-electron chi connectivity index (χ1n) is 8.07. The van der Waals surface area contributed by atoms with Crippen molar-refractivity contribution >= 4 is 48.0 Å². The summed E-state index contributed by atoms with van der Waals surface area (Å²) in [4.78, 5) is 28.5. The highest BCUT2D eigenvalue weighted by molar-refractivity contribution is 6.05. The number of hydrogen-bond acceptors (Lipinski definition) is 5. The predicted octanol–water partition coefficient (Wildman–Crippen LogP) is 2.41. The van der Waals surface area contributed by atoms with Crippen LogP contribution in [0, 0.1) is 6.92 Å². The largest absolute Gasteiger partial charge is 0.378 e. The van der Waals surface area contributed by atoms with Crippen LogP contribution in [-0.2, 0) is 9.53 Å². The highest BCUT2D eigenvalue weighted by Gasteiger charge is 2.21. The van der Waals surface area contributed by atoms with E-state index >= 15 is 0 Å². The summed E-state index contributed by atoms with van der Waals surface area (Å²) in [5.74, 6) is -0.383. The van der Waals surface area contributed by atoms with Gasteiger partial charge in [0.2, 0.25) is 5.91 Å². The van der Waals surface area contributed by atoms with Crippen molar-refractivity contribution in [1.29, 1.82) is 0 Å². The number of hydrogen-bond donors (Lipinski definition) is 3. The van der Waals surface area contributed by atoms with E-state index in [1.54, 1.807) is 36.7 Å². The Kier molecular flexibility index (Phi) is 9.17. The van der Waals surface area contributed by atoms with E-state index in [1.165, 1.54) is 0 Å². The van der Waals surface area contributed by atoms with Crippen LogP contribution in [0.4, 0.5) is 11.4 Å². The molecule has 1 atom stereocenters. The number of rotatable bonds is 4. The lowest BCUT2D eigenvalue weighted by Gasteiger charge is -2.23. The number of amides is 2.